The number of benzene rings is 1. The van der Waals surface area contributed by atoms with Crippen molar-refractivity contribution in [1.29, 1.82) is 0 Å². The first-order valence-corrected chi connectivity index (χ1v) is 9.07. The molecule has 0 aliphatic carbocycles. The molecule has 0 N–H and O–H groups in total. The van der Waals surface area contributed by atoms with E-state index < -0.39 is 0 Å². The first-order valence-electron chi connectivity index (χ1n) is 8.70. The van der Waals surface area contributed by atoms with Crippen LogP contribution in [0.5, 0.6) is 0 Å². The average Bonchev–Trinajstić information content (AvgIpc) is 2.93. The van der Waals surface area contributed by atoms with Gasteiger partial charge in [0.05, 0.1) is 28.6 Å². The second kappa shape index (κ2) is 6.79. The molecule has 3 heterocycles. The Kier molecular flexibility index (Phi) is 4.50. The van der Waals surface area contributed by atoms with Gasteiger partial charge in [0.15, 0.2) is 0 Å². The Labute approximate surface area is 153 Å². The molecule has 2 unspecified atom stereocenters. The number of pyridine rings is 1. The molecule has 1 fully saturated rings. The maximum atomic E-state index is 6.25. The molecule has 25 heavy (non-hydrogen) atoms. The van der Waals surface area contributed by atoms with Gasteiger partial charge in [0, 0.05) is 31.4 Å². The third kappa shape index (κ3) is 3.43. The van der Waals surface area contributed by atoms with Crippen molar-refractivity contribution >= 4 is 17.2 Å². The Bertz CT molecular complexity index is 867. The zero-order chi connectivity index (χ0) is 17.4. The van der Waals surface area contributed by atoms with E-state index >= 15 is 0 Å². The number of hydrogen-bond acceptors (Lipinski definition) is 3. The van der Waals surface area contributed by atoms with Gasteiger partial charge < -0.3 is 9.14 Å². The summed E-state index contributed by atoms with van der Waals surface area (Å²) in [5.74, 6) is 0. The Hall–Kier alpha value is -1.88. The first-order chi connectivity index (χ1) is 12.1. The number of halogens is 1. The molecular weight excluding hydrogens is 334 g/mol. The van der Waals surface area contributed by atoms with Gasteiger partial charge in [0.25, 0.3) is 0 Å². The van der Waals surface area contributed by atoms with Crippen molar-refractivity contribution in [2.45, 2.75) is 32.6 Å². The van der Waals surface area contributed by atoms with E-state index in [1.807, 2.05) is 24.4 Å². The highest BCUT2D eigenvalue weighted by molar-refractivity contribution is 6.30. The number of aromatic nitrogens is 2. The number of morpholine rings is 1. The molecule has 0 saturated carbocycles. The van der Waals surface area contributed by atoms with Crippen LogP contribution < -0.4 is 0 Å². The summed E-state index contributed by atoms with van der Waals surface area (Å²) in [7, 11) is 0. The number of fused-ring (bicyclic) bond motifs is 1. The van der Waals surface area contributed by atoms with E-state index in [1.54, 1.807) is 0 Å². The summed E-state index contributed by atoms with van der Waals surface area (Å²) >= 11 is 6.25. The normalized spacial score (nSPS) is 21.7. The predicted octanol–water partition coefficient (Wildman–Crippen LogP) is 4.26. The molecule has 1 aromatic carbocycles. The minimum Gasteiger partial charge on any atom is -0.373 e. The van der Waals surface area contributed by atoms with Crippen molar-refractivity contribution in [3.63, 3.8) is 0 Å². The second-order valence-electron chi connectivity index (χ2n) is 6.80. The molecule has 1 aliphatic rings. The molecule has 0 amide bonds. The highest BCUT2D eigenvalue weighted by Crippen LogP contribution is 2.27. The van der Waals surface area contributed by atoms with Crippen LogP contribution in [0.15, 0.2) is 48.7 Å². The van der Waals surface area contributed by atoms with Crippen LogP contribution in [0.4, 0.5) is 0 Å². The van der Waals surface area contributed by atoms with Crippen LogP contribution in [0.2, 0.25) is 5.02 Å². The van der Waals surface area contributed by atoms with Gasteiger partial charge in [-0.25, -0.2) is 4.98 Å². The third-order valence-corrected chi connectivity index (χ3v) is 4.82. The van der Waals surface area contributed by atoms with Crippen LogP contribution in [0.3, 0.4) is 0 Å². The molecule has 0 spiro atoms. The monoisotopic (exact) mass is 355 g/mol. The van der Waals surface area contributed by atoms with Gasteiger partial charge in [-0.3, -0.25) is 4.90 Å². The summed E-state index contributed by atoms with van der Waals surface area (Å²) in [6, 6.07) is 14.2. The number of rotatable bonds is 3. The lowest BCUT2D eigenvalue weighted by Gasteiger charge is -2.35. The molecule has 5 heteroatoms. The standard InChI is InChI=1S/C20H22ClN3O/c1-14-10-23(11-15(2)25-14)13-18-20(16-6-4-3-5-7-16)22-19-9-8-17(21)12-24(18)19/h3-9,12,14-15H,10-11,13H2,1-2H3. The van der Waals surface area contributed by atoms with Gasteiger partial charge in [0.2, 0.25) is 0 Å². The maximum absolute atomic E-state index is 6.25. The van der Waals surface area contributed by atoms with E-state index in [0.29, 0.717) is 0 Å². The maximum Gasteiger partial charge on any atom is 0.137 e. The van der Waals surface area contributed by atoms with Gasteiger partial charge >= 0.3 is 0 Å². The molecule has 130 valence electrons. The molecule has 4 nitrogen and oxygen atoms in total. The minimum atomic E-state index is 0.242. The van der Waals surface area contributed by atoms with Crippen molar-refractivity contribution in [3.05, 3.63) is 59.4 Å². The van der Waals surface area contributed by atoms with Gasteiger partial charge in [0.1, 0.15) is 5.65 Å². The summed E-state index contributed by atoms with van der Waals surface area (Å²) in [6.07, 6.45) is 2.44. The number of imidazole rings is 1. The highest BCUT2D eigenvalue weighted by atomic mass is 35.5. The zero-order valence-electron chi connectivity index (χ0n) is 14.5. The average molecular weight is 356 g/mol. The molecule has 1 aliphatic heterocycles. The first kappa shape index (κ1) is 16.6. The predicted molar refractivity (Wildman–Crippen MR) is 101 cm³/mol. The molecular formula is C20H22ClN3O. The van der Waals surface area contributed by atoms with Crippen molar-refractivity contribution in [1.82, 2.24) is 14.3 Å². The lowest BCUT2D eigenvalue weighted by atomic mass is 10.1. The van der Waals surface area contributed by atoms with Crippen LogP contribution in [0.1, 0.15) is 19.5 Å². The van der Waals surface area contributed by atoms with Crippen LogP contribution in [-0.2, 0) is 11.3 Å². The number of hydrogen-bond donors (Lipinski definition) is 0. The Morgan fingerprint density at radius 1 is 1.08 bits per heavy atom. The Morgan fingerprint density at radius 2 is 1.80 bits per heavy atom. The fourth-order valence-electron chi connectivity index (χ4n) is 3.67. The fourth-order valence-corrected chi connectivity index (χ4v) is 3.83. The topological polar surface area (TPSA) is 29.8 Å². The minimum absolute atomic E-state index is 0.242. The Balaban J connectivity index is 1.78. The van der Waals surface area contributed by atoms with E-state index in [9.17, 15) is 0 Å². The zero-order valence-corrected chi connectivity index (χ0v) is 15.3. The fraction of sp³-hybridized carbons (Fsp3) is 0.350. The molecule has 1 saturated heterocycles. The SMILES string of the molecule is CC1CN(Cc2c(-c3ccccc3)nc3ccc(Cl)cn23)CC(C)O1. The van der Waals surface area contributed by atoms with Crippen LogP contribution in [-0.4, -0.2) is 39.6 Å². The lowest BCUT2D eigenvalue weighted by Crippen LogP contribution is -2.45. The molecule has 0 bridgehead atoms. The van der Waals surface area contributed by atoms with E-state index in [2.05, 4.69) is 47.4 Å². The largest absolute Gasteiger partial charge is 0.373 e. The molecule has 3 aromatic rings. The third-order valence-electron chi connectivity index (χ3n) is 4.60. The Morgan fingerprint density at radius 3 is 2.52 bits per heavy atom. The number of ether oxygens (including phenoxy) is 1. The summed E-state index contributed by atoms with van der Waals surface area (Å²) in [6.45, 7) is 6.93. The van der Waals surface area contributed by atoms with Crippen molar-refractivity contribution in [2.75, 3.05) is 13.1 Å². The van der Waals surface area contributed by atoms with E-state index in [-0.39, 0.29) is 12.2 Å². The lowest BCUT2D eigenvalue weighted by molar-refractivity contribution is -0.0707. The molecule has 0 radical (unpaired) electrons. The van der Waals surface area contributed by atoms with Crippen LogP contribution in [0.25, 0.3) is 16.9 Å². The van der Waals surface area contributed by atoms with Gasteiger partial charge in [-0.2, -0.15) is 0 Å². The van der Waals surface area contributed by atoms with Crippen molar-refractivity contribution in [3.8, 4) is 11.3 Å². The van der Waals surface area contributed by atoms with Crippen molar-refractivity contribution in [2.24, 2.45) is 0 Å². The second-order valence-corrected chi connectivity index (χ2v) is 7.24. The van der Waals surface area contributed by atoms with E-state index in [0.717, 1.165) is 41.6 Å². The van der Waals surface area contributed by atoms with Gasteiger partial charge in [-0.1, -0.05) is 41.9 Å². The smallest absolute Gasteiger partial charge is 0.137 e. The molecule has 4 rings (SSSR count). The summed E-state index contributed by atoms with van der Waals surface area (Å²) in [5.41, 5.74) is 4.25. The van der Waals surface area contributed by atoms with E-state index in [4.69, 9.17) is 21.3 Å². The van der Waals surface area contributed by atoms with Crippen molar-refractivity contribution < 1.29 is 4.74 Å². The number of nitrogens with zero attached hydrogens (tertiary/aromatic N) is 3. The summed E-state index contributed by atoms with van der Waals surface area (Å²) in [5, 5.41) is 0.717. The van der Waals surface area contributed by atoms with Crippen LogP contribution >= 0.6 is 11.6 Å². The summed E-state index contributed by atoms with van der Waals surface area (Å²) < 4.78 is 7.99. The quantitative estimate of drug-likeness (QED) is 0.703. The molecule has 2 aromatic heterocycles. The molecule has 2 atom stereocenters. The summed E-state index contributed by atoms with van der Waals surface area (Å²) in [4.78, 5) is 7.31. The van der Waals surface area contributed by atoms with Crippen LogP contribution in [0, 0.1) is 0 Å². The van der Waals surface area contributed by atoms with E-state index in [1.165, 1.54) is 5.69 Å². The van der Waals surface area contributed by atoms with Gasteiger partial charge in [-0.05, 0) is 26.0 Å². The van der Waals surface area contributed by atoms with Gasteiger partial charge in [-0.15, -0.1) is 0 Å². The highest BCUT2D eigenvalue weighted by Gasteiger charge is 2.24.